The van der Waals surface area contributed by atoms with Crippen molar-refractivity contribution in [1.82, 2.24) is 0 Å². The van der Waals surface area contributed by atoms with Crippen LogP contribution in [0, 0.1) is 0 Å². The third-order valence-electron chi connectivity index (χ3n) is 14.7. The van der Waals surface area contributed by atoms with E-state index in [1.165, 1.54) is 0 Å². The summed E-state index contributed by atoms with van der Waals surface area (Å²) in [5.41, 5.74) is 8.54. The van der Waals surface area contributed by atoms with Crippen molar-refractivity contribution in [3.8, 4) is 45.3 Å². The molecular formula is C68H90O6P2. The van der Waals surface area contributed by atoms with Gasteiger partial charge in [-0.1, -0.05) is 245 Å². The third-order valence-corrected chi connectivity index (χ3v) is 18.6. The molecule has 0 heterocycles. The van der Waals surface area contributed by atoms with E-state index >= 15 is 9.13 Å². The molecule has 6 aromatic rings. The lowest BCUT2D eigenvalue weighted by atomic mass is 9.80. The summed E-state index contributed by atoms with van der Waals surface area (Å²) in [6.07, 6.45) is 0. The minimum absolute atomic E-state index is 0.0934. The van der Waals surface area contributed by atoms with Crippen LogP contribution in [0.3, 0.4) is 0 Å². The lowest BCUT2D eigenvalue weighted by Gasteiger charge is -2.36. The molecular weight excluding hydrogens is 975 g/mol. The zero-order valence-electron chi connectivity index (χ0n) is 50.7. The highest BCUT2D eigenvalue weighted by molar-refractivity contribution is 7.70. The molecule has 7 rings (SSSR count). The van der Waals surface area contributed by atoms with Crippen molar-refractivity contribution in [2.75, 3.05) is 0 Å². The van der Waals surface area contributed by atoms with E-state index < -0.39 is 36.9 Å². The zero-order valence-corrected chi connectivity index (χ0v) is 52.5. The normalized spacial score (nSPS) is 13.9. The molecule has 0 spiro atoms. The van der Waals surface area contributed by atoms with Gasteiger partial charge in [-0.05, 0) is 113 Å². The van der Waals surface area contributed by atoms with Gasteiger partial charge in [0.15, 0.2) is 0 Å². The summed E-state index contributed by atoms with van der Waals surface area (Å²) < 4.78 is 64.6. The Morgan fingerprint density at radius 1 is 0.289 bits per heavy atom. The minimum atomic E-state index is -4.81. The van der Waals surface area contributed by atoms with Crippen LogP contribution in [0.15, 0.2) is 109 Å². The highest BCUT2D eigenvalue weighted by Gasteiger charge is 2.50. The van der Waals surface area contributed by atoms with E-state index in [1.807, 2.05) is 60.7 Å². The molecule has 0 aromatic heterocycles. The number of fused-ring (bicyclic) bond motifs is 4. The van der Waals surface area contributed by atoms with Crippen molar-refractivity contribution in [3.63, 3.8) is 0 Å². The van der Waals surface area contributed by atoms with Crippen molar-refractivity contribution in [3.05, 3.63) is 154 Å². The van der Waals surface area contributed by atoms with Crippen LogP contribution in [0.25, 0.3) is 22.3 Å². The van der Waals surface area contributed by atoms with Crippen molar-refractivity contribution >= 4 is 25.8 Å². The van der Waals surface area contributed by atoms with Crippen molar-refractivity contribution in [2.45, 2.75) is 209 Å². The Morgan fingerprint density at radius 2 is 0.566 bits per heavy atom. The molecule has 8 heteroatoms. The molecule has 6 nitrogen and oxygen atoms in total. The highest BCUT2D eigenvalue weighted by atomic mass is 31.2. The largest absolute Gasteiger partial charge is 0.464 e. The molecule has 0 aliphatic heterocycles. The fraction of sp³-hybridized carbons (Fsp3) is 0.471. The van der Waals surface area contributed by atoms with Crippen LogP contribution in [0.4, 0.5) is 0 Å². The fourth-order valence-electron chi connectivity index (χ4n) is 9.84. The fourth-order valence-corrected chi connectivity index (χ4v) is 14.2. The van der Waals surface area contributed by atoms with Crippen LogP contribution in [0.1, 0.15) is 211 Å². The molecule has 0 unspecified atom stereocenters. The first kappa shape index (κ1) is 58.7. The van der Waals surface area contributed by atoms with Crippen LogP contribution in [0.2, 0.25) is 0 Å². The highest BCUT2D eigenvalue weighted by Crippen LogP contribution is 2.61. The van der Waals surface area contributed by atoms with Gasteiger partial charge in [0.2, 0.25) is 0 Å². The Hall–Kier alpha value is -5.02. The molecule has 0 radical (unpaired) electrons. The van der Waals surface area contributed by atoms with Gasteiger partial charge in [0.1, 0.15) is 33.6 Å². The maximum Gasteiger partial charge on any atom is 0.464 e. The van der Waals surface area contributed by atoms with E-state index in [1.54, 1.807) is 6.07 Å². The number of hydrogen-bond donors (Lipinski definition) is 0. The van der Waals surface area contributed by atoms with Crippen LogP contribution >= 0.6 is 15.2 Å². The van der Waals surface area contributed by atoms with E-state index in [2.05, 4.69) is 209 Å². The summed E-state index contributed by atoms with van der Waals surface area (Å²) in [7, 11) is -9.58. The van der Waals surface area contributed by atoms with Gasteiger partial charge in [-0.15, -0.1) is 0 Å². The van der Waals surface area contributed by atoms with E-state index in [0.29, 0.717) is 28.6 Å². The second-order valence-corrected chi connectivity index (χ2v) is 33.3. The molecule has 76 heavy (non-hydrogen) atoms. The van der Waals surface area contributed by atoms with Crippen LogP contribution in [-0.2, 0) is 52.5 Å². The molecule has 0 bridgehead atoms. The molecule has 0 saturated carbocycles. The smallest absolute Gasteiger partial charge is 0.412 e. The van der Waals surface area contributed by atoms with Crippen molar-refractivity contribution < 1.29 is 27.2 Å². The number of rotatable bonds is 10. The Bertz CT molecular complexity index is 3120. The molecule has 0 atom stereocenters. The Kier molecular flexibility index (Phi) is 15.0. The van der Waals surface area contributed by atoms with Crippen LogP contribution in [0.5, 0.6) is 23.0 Å². The summed E-state index contributed by atoms with van der Waals surface area (Å²) in [5, 5.41) is 0.231. The van der Waals surface area contributed by atoms with Gasteiger partial charge in [0.25, 0.3) is 0 Å². The van der Waals surface area contributed by atoms with E-state index in [9.17, 15) is 0 Å². The predicted molar refractivity (Wildman–Crippen MR) is 323 cm³/mol. The van der Waals surface area contributed by atoms with Gasteiger partial charge < -0.3 is 18.1 Å². The lowest BCUT2D eigenvalue weighted by Crippen LogP contribution is -2.36. The van der Waals surface area contributed by atoms with Crippen LogP contribution < -0.4 is 28.7 Å². The quantitative estimate of drug-likeness (QED) is 0.127. The monoisotopic (exact) mass is 1060 g/mol. The molecule has 0 amide bonds. The van der Waals surface area contributed by atoms with Gasteiger partial charge in [0, 0.05) is 27.8 Å². The SMILES string of the molecule is CC(C)(C)c1ccc(OP(=O)(Oc2ccc(C(C)(C)C)cc2C(C)(C)C)c2ccc3c(c2P(=O)(Oc2ccc(C(C)(C)C)cc2C(C)(C)C)Oc2ccc(C(C)(C)C)cc2C(C)(C)C)-c2ccccc2-3)c(C(C)(C)C)c1. The van der Waals surface area contributed by atoms with Gasteiger partial charge in [-0.3, -0.25) is 0 Å². The number of benzene rings is 6. The summed E-state index contributed by atoms with van der Waals surface area (Å²) in [6.45, 7) is 51.9. The average Bonchev–Trinajstić information content (AvgIpc) is 3.25. The maximum atomic E-state index is 17.8. The average molecular weight is 1070 g/mol. The zero-order chi connectivity index (χ0) is 56.9. The predicted octanol–water partition coefficient (Wildman–Crippen LogP) is 19.7. The van der Waals surface area contributed by atoms with E-state index in [-0.39, 0.29) is 32.3 Å². The van der Waals surface area contributed by atoms with E-state index in [4.69, 9.17) is 18.1 Å². The summed E-state index contributed by atoms with van der Waals surface area (Å²) in [6, 6.07) is 36.3. The van der Waals surface area contributed by atoms with Gasteiger partial charge in [-0.25, -0.2) is 9.13 Å². The van der Waals surface area contributed by atoms with Gasteiger partial charge >= 0.3 is 15.2 Å². The topological polar surface area (TPSA) is 71.1 Å². The molecule has 408 valence electrons. The molecule has 0 N–H and O–H groups in total. The maximum absolute atomic E-state index is 17.8. The first-order valence-electron chi connectivity index (χ1n) is 27.3. The Labute approximate surface area is 459 Å². The van der Waals surface area contributed by atoms with Gasteiger partial charge in [-0.2, -0.15) is 0 Å². The second kappa shape index (κ2) is 19.4. The van der Waals surface area contributed by atoms with Gasteiger partial charge in [0.05, 0.1) is 0 Å². The summed E-state index contributed by atoms with van der Waals surface area (Å²) >= 11 is 0. The molecule has 1 aliphatic carbocycles. The minimum Gasteiger partial charge on any atom is -0.412 e. The third kappa shape index (κ3) is 12.0. The summed E-state index contributed by atoms with van der Waals surface area (Å²) in [5.74, 6) is 1.61. The lowest BCUT2D eigenvalue weighted by molar-refractivity contribution is 0.382. The molecule has 6 aromatic carbocycles. The standard InChI is InChI=1S/C68H90O6P2/c1-61(2,3)43-29-34-54(50(39-43)65(13,14)15)71-75(69,72-55-35-30-44(62(4,5)6)40-51(55)66(16,17)18)58-38-33-49-47-27-25-26-28-48(47)59(49)60(58)76(70,73-56-36-31-45(63(7,8)9)41-52(56)67(19,20)21)74-57-37-32-46(64(10,11)12)42-53(57)68(22,23)24/h25-42H,1-24H3. The van der Waals surface area contributed by atoms with E-state index in [0.717, 1.165) is 61.2 Å². The van der Waals surface area contributed by atoms with Crippen molar-refractivity contribution in [2.24, 2.45) is 0 Å². The van der Waals surface area contributed by atoms with Crippen LogP contribution in [-0.4, -0.2) is 0 Å². The molecule has 0 saturated heterocycles. The summed E-state index contributed by atoms with van der Waals surface area (Å²) in [4.78, 5) is 0. The first-order chi connectivity index (χ1) is 34.4. The molecule has 0 fully saturated rings. The van der Waals surface area contributed by atoms with Crippen molar-refractivity contribution in [1.29, 1.82) is 0 Å². The first-order valence-corrected chi connectivity index (χ1v) is 30.4. The Balaban J connectivity index is 1.65. The second-order valence-electron chi connectivity index (χ2n) is 29.6. The molecule has 1 aliphatic rings. The number of hydrogen-bond acceptors (Lipinski definition) is 6. The Morgan fingerprint density at radius 3 is 0.842 bits per heavy atom.